The summed E-state index contributed by atoms with van der Waals surface area (Å²) in [4.78, 5) is 72.8. The fourth-order valence-corrected chi connectivity index (χ4v) is 10.5. The molecule has 0 saturated heterocycles. The summed E-state index contributed by atoms with van der Waals surface area (Å²) >= 11 is 0. The number of hydrogen-bond donors (Lipinski definition) is 3. The summed E-state index contributed by atoms with van der Waals surface area (Å²) < 4.78 is 68.2. The molecule has 0 amide bonds. The second-order valence-electron chi connectivity index (χ2n) is 24.1. The Morgan fingerprint density at radius 3 is 0.902 bits per heavy atom. The third-order valence-corrected chi connectivity index (χ3v) is 16.4. The number of esters is 4. The number of phosphoric acid groups is 2. The van der Waals surface area contributed by atoms with Crippen LogP contribution in [0.3, 0.4) is 0 Å². The molecule has 0 aliphatic rings. The number of hydrogen-bond acceptors (Lipinski definition) is 15. The first-order chi connectivity index (χ1) is 49.7. The van der Waals surface area contributed by atoms with Crippen LogP contribution in [0.5, 0.6) is 0 Å². The minimum atomic E-state index is -5.02. The highest BCUT2D eigenvalue weighted by Crippen LogP contribution is 2.45. The van der Waals surface area contributed by atoms with Gasteiger partial charge in [0.2, 0.25) is 0 Å². The van der Waals surface area contributed by atoms with E-state index in [1.165, 1.54) is 6.42 Å². The first-order valence-corrected chi connectivity index (χ1v) is 40.7. The molecule has 0 aromatic carbocycles. The average molecular weight is 1460 g/mol. The maximum Gasteiger partial charge on any atom is 0.472 e. The standard InChI is InChI=1S/C83H130O17P2/c1-5-9-13-17-21-25-29-32-35-37-38-40-43-45-49-52-56-60-64-68-81(86)94-74-79(100-83(88)70-66-62-58-54-50-46-41-34-31-27-23-19-15-11-7-3)76-98-102(91,92)96-72-77(84)71-95-101(89,90)97-75-78(99-82(87)69-65-61-57-53-47-28-24-20-16-12-8-4)73-93-80(85)67-63-59-55-51-48-44-42-39-36-33-30-26-22-18-14-10-6-2/h9-11,13-15,20-27,32-36,38,40-42,44-45,49-51,54-56,60,77-79,84H,5-8,12,16-19,28-31,37,39,43,46-48,52-53,57-59,61-76H2,1-4H3,(H,89,90)(H,91,92)/b13-9-,14-10-,15-11-,24-20-,25-21-,26-22-,27-23-,35-32-,36-33-,40-38-,41-34-,44-42-,49-45-,54-50-,55-51-,60-56-. The maximum atomic E-state index is 13.1. The molecule has 0 fully saturated rings. The van der Waals surface area contributed by atoms with Crippen molar-refractivity contribution in [3.63, 3.8) is 0 Å². The van der Waals surface area contributed by atoms with Crippen molar-refractivity contribution < 1.29 is 80.2 Å². The van der Waals surface area contributed by atoms with Gasteiger partial charge in [-0.1, -0.05) is 254 Å². The molecule has 0 radical (unpaired) electrons. The highest BCUT2D eigenvalue weighted by molar-refractivity contribution is 7.47. The Labute approximate surface area is 615 Å². The van der Waals surface area contributed by atoms with Gasteiger partial charge in [0.15, 0.2) is 12.2 Å². The van der Waals surface area contributed by atoms with Gasteiger partial charge in [-0.05, 0) is 161 Å². The fourth-order valence-electron chi connectivity index (χ4n) is 8.90. The van der Waals surface area contributed by atoms with Gasteiger partial charge in [0.05, 0.1) is 26.4 Å². The predicted molar refractivity (Wildman–Crippen MR) is 417 cm³/mol. The van der Waals surface area contributed by atoms with Crippen LogP contribution in [0.4, 0.5) is 0 Å². The predicted octanol–water partition coefficient (Wildman–Crippen LogP) is 21.8. The van der Waals surface area contributed by atoms with Crippen LogP contribution >= 0.6 is 15.6 Å². The SMILES string of the molecule is CC/C=C\C/C=C\C/C=C\C/C=C\C/C=C\C/C=C\CCC(=O)OCC(COP(=O)(O)OCC(O)COP(=O)(O)OCC(COC(=O)CCC/C=C\C/C=C\C/C=C\C/C=C\C/C=C\CC)OC(=O)CCCCCCC/C=C\CCCC)OC(=O)CCCC/C=C\C/C=C\C/C=C\C/C=C\CC. The molecule has 0 aromatic heterocycles. The van der Waals surface area contributed by atoms with Gasteiger partial charge in [-0.25, -0.2) is 9.13 Å². The van der Waals surface area contributed by atoms with Crippen LogP contribution in [0, 0.1) is 0 Å². The second kappa shape index (κ2) is 73.2. The smallest absolute Gasteiger partial charge is 0.462 e. The van der Waals surface area contributed by atoms with E-state index in [-0.39, 0.29) is 25.7 Å². The Kier molecular flexibility index (Phi) is 68.8. The van der Waals surface area contributed by atoms with Gasteiger partial charge >= 0.3 is 39.5 Å². The minimum Gasteiger partial charge on any atom is -0.462 e. The van der Waals surface area contributed by atoms with Crippen molar-refractivity contribution in [1.29, 1.82) is 0 Å². The summed E-state index contributed by atoms with van der Waals surface area (Å²) in [5.41, 5.74) is 0. The first-order valence-electron chi connectivity index (χ1n) is 37.7. The molecule has 5 atom stereocenters. The van der Waals surface area contributed by atoms with Crippen molar-refractivity contribution in [2.45, 2.75) is 264 Å². The number of aliphatic hydroxyl groups excluding tert-OH is 1. The van der Waals surface area contributed by atoms with E-state index in [0.29, 0.717) is 44.9 Å². The zero-order valence-electron chi connectivity index (χ0n) is 62.4. The fraction of sp³-hybridized carbons (Fsp3) is 0.566. The molecular weight excluding hydrogens is 1330 g/mol. The van der Waals surface area contributed by atoms with Gasteiger partial charge in [0.25, 0.3) is 0 Å². The molecule has 0 aliphatic carbocycles. The molecular formula is C83H130O17P2. The number of unbranched alkanes of at least 4 members (excludes halogenated alkanes) is 10. The van der Waals surface area contributed by atoms with Gasteiger partial charge < -0.3 is 33.8 Å². The van der Waals surface area contributed by atoms with E-state index in [2.05, 4.69) is 186 Å². The van der Waals surface area contributed by atoms with Crippen molar-refractivity contribution in [3.8, 4) is 0 Å². The quantitative estimate of drug-likeness (QED) is 0.0169. The molecule has 574 valence electrons. The topological polar surface area (TPSA) is 237 Å². The third-order valence-electron chi connectivity index (χ3n) is 14.5. The van der Waals surface area contributed by atoms with Crippen LogP contribution in [0.25, 0.3) is 0 Å². The Hall–Kier alpha value is -6.10. The molecule has 5 unspecified atom stereocenters. The molecule has 17 nitrogen and oxygen atoms in total. The van der Waals surface area contributed by atoms with Crippen LogP contribution < -0.4 is 0 Å². The van der Waals surface area contributed by atoms with Gasteiger partial charge in [-0.15, -0.1) is 0 Å². The van der Waals surface area contributed by atoms with Gasteiger partial charge in [-0.3, -0.25) is 37.3 Å². The Balaban J connectivity index is 5.50. The number of ether oxygens (including phenoxy) is 4. The van der Waals surface area contributed by atoms with Crippen molar-refractivity contribution in [2.24, 2.45) is 0 Å². The minimum absolute atomic E-state index is 0.0172. The first kappa shape index (κ1) is 95.9. The number of aliphatic hydroxyl groups is 1. The van der Waals surface area contributed by atoms with Gasteiger partial charge in [-0.2, -0.15) is 0 Å². The van der Waals surface area contributed by atoms with Crippen molar-refractivity contribution in [3.05, 3.63) is 194 Å². The molecule has 0 rings (SSSR count). The van der Waals surface area contributed by atoms with E-state index in [9.17, 15) is 43.2 Å². The summed E-state index contributed by atoms with van der Waals surface area (Å²) in [7, 11) is -10.0. The average Bonchev–Trinajstić information content (AvgIpc) is 0.939. The van der Waals surface area contributed by atoms with E-state index in [1.54, 1.807) is 0 Å². The normalized spacial score (nSPS) is 15.0. The summed E-state index contributed by atoms with van der Waals surface area (Å²) in [6, 6.07) is 0. The third kappa shape index (κ3) is 72.3. The van der Waals surface area contributed by atoms with E-state index < -0.39 is 97.5 Å². The molecule has 0 bridgehead atoms. The number of allylic oxidation sites excluding steroid dienone is 32. The lowest BCUT2D eigenvalue weighted by Gasteiger charge is -2.21. The monoisotopic (exact) mass is 1460 g/mol. The van der Waals surface area contributed by atoms with Crippen LogP contribution in [0.1, 0.15) is 246 Å². The summed E-state index contributed by atoms with van der Waals surface area (Å²) in [6.45, 7) is 4.22. The lowest BCUT2D eigenvalue weighted by atomic mass is 10.1. The molecule has 0 spiro atoms. The molecule has 0 aromatic rings. The van der Waals surface area contributed by atoms with Crippen LogP contribution in [-0.4, -0.2) is 96.7 Å². The van der Waals surface area contributed by atoms with E-state index in [0.717, 1.165) is 141 Å². The van der Waals surface area contributed by atoms with Gasteiger partial charge in [0, 0.05) is 25.7 Å². The summed E-state index contributed by atoms with van der Waals surface area (Å²) in [5.74, 6) is -2.43. The zero-order chi connectivity index (χ0) is 74.6. The van der Waals surface area contributed by atoms with Crippen molar-refractivity contribution >= 4 is 39.5 Å². The second-order valence-corrected chi connectivity index (χ2v) is 27.0. The molecule has 3 N–H and O–H groups in total. The summed E-state index contributed by atoms with van der Waals surface area (Å²) in [5, 5.41) is 10.6. The van der Waals surface area contributed by atoms with Crippen molar-refractivity contribution in [1.82, 2.24) is 0 Å². The molecule has 0 aliphatic heterocycles. The molecule has 0 heterocycles. The lowest BCUT2D eigenvalue weighted by Crippen LogP contribution is -2.30. The van der Waals surface area contributed by atoms with Crippen LogP contribution in [0.15, 0.2) is 194 Å². The van der Waals surface area contributed by atoms with E-state index >= 15 is 0 Å². The van der Waals surface area contributed by atoms with Crippen LogP contribution in [0.2, 0.25) is 0 Å². The molecule has 102 heavy (non-hydrogen) atoms. The zero-order valence-corrected chi connectivity index (χ0v) is 64.2. The van der Waals surface area contributed by atoms with E-state index in [4.69, 9.17) is 37.0 Å². The number of rotatable bonds is 68. The lowest BCUT2D eigenvalue weighted by molar-refractivity contribution is -0.161. The Bertz CT molecular complexity index is 2700. The Morgan fingerprint density at radius 1 is 0.284 bits per heavy atom. The summed E-state index contributed by atoms with van der Waals surface area (Å²) in [6.07, 6.45) is 88.9. The van der Waals surface area contributed by atoms with Crippen molar-refractivity contribution in [2.75, 3.05) is 39.6 Å². The van der Waals surface area contributed by atoms with Gasteiger partial charge in [0.1, 0.15) is 19.3 Å². The largest absolute Gasteiger partial charge is 0.472 e. The highest BCUT2D eigenvalue weighted by Gasteiger charge is 2.30. The maximum absolute atomic E-state index is 13.1. The number of phosphoric ester groups is 2. The number of carbonyl (C=O) groups is 4. The molecule has 19 heteroatoms. The molecule has 0 saturated carbocycles. The number of carbonyl (C=O) groups excluding carboxylic acids is 4. The van der Waals surface area contributed by atoms with Crippen LogP contribution in [-0.2, 0) is 65.4 Å². The highest BCUT2D eigenvalue weighted by atomic mass is 31.2. The van der Waals surface area contributed by atoms with E-state index in [1.807, 2.05) is 36.5 Å². The Morgan fingerprint density at radius 2 is 0.539 bits per heavy atom.